The maximum absolute atomic E-state index is 11.8. The van der Waals surface area contributed by atoms with Crippen LogP contribution in [-0.4, -0.2) is 17.4 Å². The van der Waals surface area contributed by atoms with Crippen molar-refractivity contribution in [3.63, 3.8) is 0 Å². The van der Waals surface area contributed by atoms with Gasteiger partial charge in [-0.05, 0) is 33.6 Å². The van der Waals surface area contributed by atoms with Gasteiger partial charge in [-0.25, -0.2) is 0 Å². The lowest BCUT2D eigenvalue weighted by molar-refractivity contribution is -0.163. The van der Waals surface area contributed by atoms with Crippen LogP contribution in [0.1, 0.15) is 41.0 Å². The second-order valence-electron chi connectivity index (χ2n) is 4.96. The molecule has 0 bridgehead atoms. The summed E-state index contributed by atoms with van der Waals surface area (Å²) in [4.78, 5) is 23.1. The Balaban J connectivity index is 4.75. The Morgan fingerprint density at radius 2 is 1.88 bits per heavy atom. The molecule has 0 aliphatic heterocycles. The van der Waals surface area contributed by atoms with Gasteiger partial charge in [0, 0.05) is 6.42 Å². The lowest BCUT2D eigenvalue weighted by Crippen LogP contribution is -2.35. The summed E-state index contributed by atoms with van der Waals surface area (Å²) in [5, 5.41) is 8.57. The van der Waals surface area contributed by atoms with Crippen LogP contribution in [-0.2, 0) is 14.3 Å². The van der Waals surface area contributed by atoms with Crippen molar-refractivity contribution >= 4 is 11.8 Å². The normalized spacial score (nSPS) is 14.8. The summed E-state index contributed by atoms with van der Waals surface area (Å²) >= 11 is 0. The second kappa shape index (κ2) is 5.64. The van der Waals surface area contributed by atoms with Gasteiger partial charge in [0.05, 0.1) is 6.07 Å². The van der Waals surface area contributed by atoms with Gasteiger partial charge in [0.15, 0.2) is 0 Å². The number of nitriles is 1. The van der Waals surface area contributed by atoms with Gasteiger partial charge in [-0.2, -0.15) is 5.26 Å². The number of ketones is 1. The quantitative estimate of drug-likeness (QED) is 0.542. The van der Waals surface area contributed by atoms with Gasteiger partial charge in [0.2, 0.25) is 0 Å². The zero-order valence-electron chi connectivity index (χ0n) is 10.5. The Morgan fingerprint density at radius 1 is 1.38 bits per heavy atom. The van der Waals surface area contributed by atoms with Gasteiger partial charge >= 0.3 is 5.97 Å². The summed E-state index contributed by atoms with van der Waals surface area (Å²) in [6.07, 6.45) is 0.170. The van der Waals surface area contributed by atoms with Crippen molar-refractivity contribution in [2.75, 3.05) is 0 Å². The molecule has 90 valence electrons. The van der Waals surface area contributed by atoms with Gasteiger partial charge in [-0.1, -0.05) is 6.92 Å². The highest BCUT2D eigenvalue weighted by atomic mass is 16.6. The van der Waals surface area contributed by atoms with Crippen LogP contribution < -0.4 is 0 Å². The van der Waals surface area contributed by atoms with Crippen LogP contribution in [0.25, 0.3) is 0 Å². The molecule has 0 fully saturated rings. The van der Waals surface area contributed by atoms with Crippen molar-refractivity contribution in [1.82, 2.24) is 0 Å². The smallest absolute Gasteiger partial charge is 0.317 e. The van der Waals surface area contributed by atoms with E-state index >= 15 is 0 Å². The Labute approximate surface area is 96.6 Å². The molecule has 2 atom stereocenters. The predicted octanol–water partition coefficient (Wildman–Crippen LogP) is 2.08. The van der Waals surface area contributed by atoms with Gasteiger partial charge < -0.3 is 4.74 Å². The number of hydrogen-bond donors (Lipinski definition) is 0. The third-order valence-corrected chi connectivity index (χ3v) is 2.08. The summed E-state index contributed by atoms with van der Waals surface area (Å²) in [5.74, 6) is -1.93. The van der Waals surface area contributed by atoms with Crippen LogP contribution in [0.3, 0.4) is 0 Å². The van der Waals surface area contributed by atoms with Crippen molar-refractivity contribution in [3.05, 3.63) is 0 Å². The number of hydrogen-bond acceptors (Lipinski definition) is 4. The summed E-state index contributed by atoms with van der Waals surface area (Å²) in [6.45, 7) is 8.30. The fourth-order valence-electron chi connectivity index (χ4n) is 1.43. The van der Waals surface area contributed by atoms with Crippen LogP contribution in [0.2, 0.25) is 0 Å². The first-order chi connectivity index (χ1) is 7.19. The van der Waals surface area contributed by atoms with Crippen molar-refractivity contribution in [2.24, 2.45) is 11.8 Å². The maximum atomic E-state index is 11.8. The first kappa shape index (κ1) is 14.6. The fraction of sp³-hybridized carbons (Fsp3) is 0.750. The van der Waals surface area contributed by atoms with E-state index in [0.717, 1.165) is 0 Å². The third kappa shape index (κ3) is 4.92. The Hall–Kier alpha value is -1.37. The van der Waals surface area contributed by atoms with Crippen LogP contribution in [0.15, 0.2) is 0 Å². The Morgan fingerprint density at radius 3 is 2.19 bits per heavy atom. The highest BCUT2D eigenvalue weighted by Crippen LogP contribution is 2.21. The lowest BCUT2D eigenvalue weighted by Gasteiger charge is -2.25. The van der Waals surface area contributed by atoms with E-state index in [-0.39, 0.29) is 18.1 Å². The van der Waals surface area contributed by atoms with E-state index < -0.39 is 17.5 Å². The number of carbonyl (C=O) groups is 2. The zero-order valence-corrected chi connectivity index (χ0v) is 10.5. The lowest BCUT2D eigenvalue weighted by atomic mass is 9.88. The molecule has 0 spiro atoms. The molecule has 0 heterocycles. The number of carbonyl (C=O) groups excluding carboxylic acids is 2. The van der Waals surface area contributed by atoms with Crippen molar-refractivity contribution < 1.29 is 14.3 Å². The number of ether oxygens (including phenoxy) is 1. The molecule has 4 nitrogen and oxygen atoms in total. The van der Waals surface area contributed by atoms with Crippen molar-refractivity contribution in [1.29, 1.82) is 5.26 Å². The first-order valence-corrected chi connectivity index (χ1v) is 5.29. The van der Waals surface area contributed by atoms with Crippen LogP contribution in [0.4, 0.5) is 0 Å². The molecule has 16 heavy (non-hydrogen) atoms. The summed E-state index contributed by atoms with van der Waals surface area (Å²) < 4.78 is 5.16. The molecule has 4 heteroatoms. The van der Waals surface area contributed by atoms with E-state index in [9.17, 15) is 9.59 Å². The average molecular weight is 225 g/mol. The first-order valence-electron chi connectivity index (χ1n) is 5.29. The van der Waals surface area contributed by atoms with Gasteiger partial charge in [-0.3, -0.25) is 9.59 Å². The molecule has 0 aromatic heterocycles. The van der Waals surface area contributed by atoms with Crippen LogP contribution in [0, 0.1) is 23.2 Å². The molecule has 0 aromatic carbocycles. The second-order valence-corrected chi connectivity index (χ2v) is 4.96. The molecular formula is C12H19NO3. The molecule has 0 saturated carbocycles. The molecule has 0 N–H and O–H groups in total. The number of esters is 1. The predicted molar refractivity (Wildman–Crippen MR) is 59.4 cm³/mol. The molecule has 0 rings (SSSR count). The zero-order chi connectivity index (χ0) is 12.9. The Kier molecular flexibility index (Phi) is 5.16. The van der Waals surface area contributed by atoms with Crippen molar-refractivity contribution in [2.45, 2.75) is 46.6 Å². The van der Waals surface area contributed by atoms with Gasteiger partial charge in [0.25, 0.3) is 0 Å². The Bertz CT molecular complexity index is 309. The summed E-state index contributed by atoms with van der Waals surface area (Å²) in [7, 11) is 0. The number of Topliss-reactive ketones (excluding diaryl/α,β-unsaturated/α-hetero) is 1. The molecular weight excluding hydrogens is 206 g/mol. The maximum Gasteiger partial charge on any atom is 0.317 e. The van der Waals surface area contributed by atoms with Crippen LogP contribution >= 0.6 is 0 Å². The monoisotopic (exact) mass is 225 g/mol. The van der Waals surface area contributed by atoms with E-state index in [1.54, 1.807) is 27.7 Å². The molecule has 0 saturated heterocycles. The van der Waals surface area contributed by atoms with E-state index in [0.29, 0.717) is 0 Å². The van der Waals surface area contributed by atoms with E-state index in [4.69, 9.17) is 10.00 Å². The van der Waals surface area contributed by atoms with E-state index in [1.807, 2.05) is 6.07 Å². The number of rotatable bonds is 4. The molecule has 2 unspecified atom stereocenters. The average Bonchev–Trinajstić information content (AvgIpc) is 1.99. The minimum absolute atomic E-state index is 0.170. The minimum Gasteiger partial charge on any atom is -0.459 e. The van der Waals surface area contributed by atoms with Crippen molar-refractivity contribution in [3.8, 4) is 6.07 Å². The van der Waals surface area contributed by atoms with E-state index in [1.165, 1.54) is 6.92 Å². The standard InChI is InChI=1S/C12H19NO3/c1-8(6-7-13)10(9(2)14)11(15)16-12(3,4)5/h8,10H,6H2,1-5H3. The van der Waals surface area contributed by atoms with Gasteiger partial charge in [0.1, 0.15) is 17.3 Å². The molecule has 0 aliphatic rings. The summed E-state index contributed by atoms with van der Waals surface area (Å²) in [5.41, 5.74) is -0.614. The molecule has 0 radical (unpaired) electrons. The topological polar surface area (TPSA) is 67.2 Å². The minimum atomic E-state index is -0.834. The SMILES string of the molecule is CC(=O)C(C(=O)OC(C)(C)C)C(C)CC#N. The number of nitrogens with zero attached hydrogens (tertiary/aromatic N) is 1. The highest BCUT2D eigenvalue weighted by molar-refractivity contribution is 5.98. The molecule has 0 aliphatic carbocycles. The molecule has 0 amide bonds. The largest absolute Gasteiger partial charge is 0.459 e. The highest BCUT2D eigenvalue weighted by Gasteiger charge is 2.33. The third-order valence-electron chi connectivity index (χ3n) is 2.08. The summed E-state index contributed by atoms with van der Waals surface area (Å²) in [6, 6.07) is 1.96. The van der Waals surface area contributed by atoms with Crippen LogP contribution in [0.5, 0.6) is 0 Å². The van der Waals surface area contributed by atoms with Gasteiger partial charge in [-0.15, -0.1) is 0 Å². The fourth-order valence-corrected chi connectivity index (χ4v) is 1.43. The molecule has 0 aromatic rings. The van der Waals surface area contributed by atoms with E-state index in [2.05, 4.69) is 0 Å².